The fourth-order valence-electron chi connectivity index (χ4n) is 5.40. The third kappa shape index (κ3) is 3.82. The first-order chi connectivity index (χ1) is 15.7. The Balaban J connectivity index is 1.37. The number of halogens is 1. The Morgan fingerprint density at radius 1 is 1.18 bits per heavy atom. The summed E-state index contributed by atoms with van der Waals surface area (Å²) in [6.45, 7) is 4.16. The summed E-state index contributed by atoms with van der Waals surface area (Å²) in [7, 11) is 3.63. The van der Waals surface area contributed by atoms with Crippen molar-refractivity contribution in [2.45, 2.75) is 62.8 Å². The van der Waals surface area contributed by atoms with Crippen molar-refractivity contribution in [2.75, 3.05) is 11.9 Å². The molecule has 0 spiro atoms. The minimum absolute atomic E-state index is 0.0127. The van der Waals surface area contributed by atoms with Gasteiger partial charge in [-0.1, -0.05) is 6.07 Å². The first kappa shape index (κ1) is 21.7. The molecule has 9 nitrogen and oxygen atoms in total. The van der Waals surface area contributed by atoms with E-state index in [0.29, 0.717) is 35.0 Å². The van der Waals surface area contributed by atoms with Gasteiger partial charge in [-0.25, -0.2) is 14.4 Å². The molecule has 4 heterocycles. The molecule has 2 aliphatic heterocycles. The van der Waals surface area contributed by atoms with Crippen LogP contribution in [0.1, 0.15) is 39.5 Å². The number of aryl methyl sites for hydroxylation is 1. The van der Waals surface area contributed by atoms with E-state index >= 15 is 4.39 Å². The van der Waals surface area contributed by atoms with Crippen molar-refractivity contribution >= 4 is 5.82 Å². The molecular formula is C23H29FN8O. The van der Waals surface area contributed by atoms with E-state index in [1.807, 2.05) is 18.9 Å². The first-order valence-electron chi connectivity index (χ1n) is 11.2. The second kappa shape index (κ2) is 7.72. The standard InChI is InChI=1S/C23H29FN8O/c1-22-8-5-9-23(2,30-22)19(24)16(11-22)32(4)18-12-25-21(28-27-18)15-7-6-14(10-17(15)33)20-26-13-31(3)29-20/h6-7,10,12-13,16,19,30,33H,5,8-9,11H2,1-4H3/t16-,19-,22-,23+/m0/s1. The molecule has 0 aliphatic carbocycles. The lowest BCUT2D eigenvalue weighted by Crippen LogP contribution is -2.72. The van der Waals surface area contributed by atoms with Crippen molar-refractivity contribution in [1.82, 2.24) is 35.3 Å². The molecule has 2 aromatic heterocycles. The lowest BCUT2D eigenvalue weighted by Gasteiger charge is -2.56. The highest BCUT2D eigenvalue weighted by Gasteiger charge is 2.53. The van der Waals surface area contributed by atoms with Crippen molar-refractivity contribution in [3.8, 4) is 28.5 Å². The van der Waals surface area contributed by atoms with Gasteiger partial charge in [0.25, 0.3) is 0 Å². The van der Waals surface area contributed by atoms with Gasteiger partial charge >= 0.3 is 0 Å². The molecule has 3 aromatic rings. The molecule has 2 fully saturated rings. The maximum absolute atomic E-state index is 15.6. The van der Waals surface area contributed by atoms with Crippen LogP contribution in [0.2, 0.25) is 0 Å². The van der Waals surface area contributed by atoms with Crippen molar-refractivity contribution in [2.24, 2.45) is 7.05 Å². The molecule has 0 amide bonds. The Morgan fingerprint density at radius 2 is 2.00 bits per heavy atom. The maximum Gasteiger partial charge on any atom is 0.185 e. The van der Waals surface area contributed by atoms with Crippen molar-refractivity contribution in [3.05, 3.63) is 30.7 Å². The summed E-state index contributed by atoms with van der Waals surface area (Å²) in [6.07, 6.45) is 5.73. The van der Waals surface area contributed by atoms with Crippen LogP contribution in [0.25, 0.3) is 22.8 Å². The largest absolute Gasteiger partial charge is 0.507 e. The zero-order valence-electron chi connectivity index (χ0n) is 19.3. The summed E-state index contributed by atoms with van der Waals surface area (Å²) in [4.78, 5) is 10.5. The first-order valence-corrected chi connectivity index (χ1v) is 11.2. The minimum atomic E-state index is -1.03. The van der Waals surface area contributed by atoms with Gasteiger partial charge in [-0.05, 0) is 51.7 Å². The topological polar surface area (TPSA) is 105 Å². The van der Waals surface area contributed by atoms with Crippen LogP contribution in [0.5, 0.6) is 5.75 Å². The Hall–Kier alpha value is -3.14. The average molecular weight is 453 g/mol. The fraction of sp³-hybridized carbons (Fsp3) is 0.522. The molecule has 174 valence electrons. The highest BCUT2D eigenvalue weighted by atomic mass is 19.1. The lowest BCUT2D eigenvalue weighted by atomic mass is 9.68. The number of aromatic hydroxyl groups is 1. The van der Waals surface area contributed by atoms with Gasteiger partial charge in [0.05, 0.1) is 17.8 Å². The quantitative estimate of drug-likeness (QED) is 0.623. The van der Waals surface area contributed by atoms with Gasteiger partial charge in [-0.2, -0.15) is 5.10 Å². The van der Waals surface area contributed by atoms with Crippen LogP contribution in [0, 0.1) is 0 Å². The smallest absolute Gasteiger partial charge is 0.185 e. The number of piperidine rings is 2. The Kier molecular flexibility index (Phi) is 5.08. The van der Waals surface area contributed by atoms with Crippen molar-refractivity contribution < 1.29 is 9.50 Å². The van der Waals surface area contributed by atoms with Gasteiger partial charge in [-0.15, -0.1) is 10.2 Å². The molecule has 2 bridgehead atoms. The van der Waals surface area contributed by atoms with Crippen LogP contribution in [0.3, 0.4) is 0 Å². The van der Waals surface area contributed by atoms with Crippen LogP contribution < -0.4 is 10.2 Å². The van der Waals surface area contributed by atoms with E-state index in [1.54, 1.807) is 42.5 Å². The summed E-state index contributed by atoms with van der Waals surface area (Å²) < 4.78 is 17.2. The number of benzene rings is 1. The van der Waals surface area contributed by atoms with Crippen LogP contribution in [0.15, 0.2) is 30.7 Å². The van der Waals surface area contributed by atoms with Gasteiger partial charge in [0.2, 0.25) is 0 Å². The second-order valence-electron chi connectivity index (χ2n) is 9.85. The minimum Gasteiger partial charge on any atom is -0.507 e. The SMILES string of the molecule is CN(c1cnc(-c2ccc(-c3ncn(C)n3)cc2O)nn1)[C@H]1C[C@]2(C)CCC[C@@](C)(N2)[C@H]1F. The number of alkyl halides is 1. The molecule has 0 unspecified atom stereocenters. The number of nitrogens with zero attached hydrogens (tertiary/aromatic N) is 7. The molecule has 1 aromatic carbocycles. The normalized spacial score (nSPS) is 29.1. The summed E-state index contributed by atoms with van der Waals surface area (Å²) >= 11 is 0. The van der Waals surface area contributed by atoms with Crippen LogP contribution in [-0.2, 0) is 7.05 Å². The van der Waals surface area contributed by atoms with E-state index in [2.05, 4.69) is 37.5 Å². The second-order valence-corrected chi connectivity index (χ2v) is 9.85. The number of hydrogen-bond acceptors (Lipinski definition) is 8. The number of anilines is 1. The maximum atomic E-state index is 15.6. The molecule has 0 radical (unpaired) electrons. The molecule has 5 rings (SSSR count). The van der Waals surface area contributed by atoms with E-state index in [9.17, 15) is 5.11 Å². The molecule has 2 aliphatic rings. The lowest BCUT2D eigenvalue weighted by molar-refractivity contribution is 0.00193. The predicted molar refractivity (Wildman–Crippen MR) is 122 cm³/mol. The molecule has 2 saturated heterocycles. The number of fused-ring (bicyclic) bond motifs is 2. The monoisotopic (exact) mass is 452 g/mol. The number of phenols is 1. The van der Waals surface area contributed by atoms with Gasteiger partial charge < -0.3 is 15.3 Å². The fourth-order valence-corrected chi connectivity index (χ4v) is 5.40. The molecule has 33 heavy (non-hydrogen) atoms. The molecule has 4 atom stereocenters. The number of aromatic nitrogens is 6. The van der Waals surface area contributed by atoms with Crippen LogP contribution >= 0.6 is 0 Å². The van der Waals surface area contributed by atoms with E-state index in [4.69, 9.17) is 0 Å². The van der Waals surface area contributed by atoms with Gasteiger partial charge in [0.1, 0.15) is 18.2 Å². The zero-order valence-corrected chi connectivity index (χ0v) is 19.3. The highest BCUT2D eigenvalue weighted by molar-refractivity contribution is 5.70. The predicted octanol–water partition coefficient (Wildman–Crippen LogP) is 2.88. The molecule has 10 heteroatoms. The molecule has 2 N–H and O–H groups in total. The van der Waals surface area contributed by atoms with E-state index in [1.165, 1.54) is 0 Å². The van der Waals surface area contributed by atoms with Crippen LogP contribution in [0.4, 0.5) is 10.2 Å². The molecular weight excluding hydrogens is 423 g/mol. The van der Waals surface area contributed by atoms with Gasteiger partial charge in [0.15, 0.2) is 17.5 Å². The Labute approximate surface area is 192 Å². The summed E-state index contributed by atoms with van der Waals surface area (Å²) in [5.41, 5.74) is 0.511. The van der Waals surface area contributed by atoms with E-state index in [-0.39, 0.29) is 17.3 Å². The highest BCUT2D eigenvalue weighted by Crippen LogP contribution is 2.43. The zero-order chi connectivity index (χ0) is 23.4. The van der Waals surface area contributed by atoms with Crippen molar-refractivity contribution in [3.63, 3.8) is 0 Å². The number of hydrogen-bond donors (Lipinski definition) is 2. The third-order valence-electron chi connectivity index (χ3n) is 7.12. The number of phenolic OH excluding ortho intramolecular Hbond substituents is 1. The van der Waals surface area contributed by atoms with Gasteiger partial charge in [0, 0.05) is 30.7 Å². The summed E-state index contributed by atoms with van der Waals surface area (Å²) in [5, 5.41) is 26.9. The average Bonchev–Trinajstić information content (AvgIpc) is 3.22. The third-order valence-corrected chi connectivity index (χ3v) is 7.12. The summed E-state index contributed by atoms with van der Waals surface area (Å²) in [6, 6.07) is 4.78. The van der Waals surface area contributed by atoms with E-state index < -0.39 is 11.7 Å². The van der Waals surface area contributed by atoms with Crippen LogP contribution in [-0.4, -0.2) is 65.4 Å². The van der Waals surface area contributed by atoms with Crippen molar-refractivity contribution in [1.29, 1.82) is 0 Å². The summed E-state index contributed by atoms with van der Waals surface area (Å²) in [5.74, 6) is 1.33. The Morgan fingerprint density at radius 3 is 2.67 bits per heavy atom. The number of nitrogens with one attached hydrogen (secondary N) is 1. The molecule has 0 saturated carbocycles. The van der Waals surface area contributed by atoms with E-state index in [0.717, 1.165) is 19.3 Å². The van der Waals surface area contributed by atoms with Gasteiger partial charge in [-0.3, -0.25) is 4.68 Å². The Bertz CT molecular complexity index is 1170. The number of rotatable bonds is 4.